The number of fused-ring (bicyclic) bond motifs is 1. The molecule has 0 aromatic carbocycles. The second-order valence-corrected chi connectivity index (χ2v) is 8.02. The molecule has 4 heterocycles. The van der Waals surface area contributed by atoms with Gasteiger partial charge in [-0.1, -0.05) is 16.8 Å². The third-order valence-corrected chi connectivity index (χ3v) is 5.58. The van der Waals surface area contributed by atoms with E-state index in [4.69, 9.17) is 11.6 Å². The number of pyridine rings is 1. The first-order chi connectivity index (χ1) is 15.7. The van der Waals surface area contributed by atoms with Crippen LogP contribution in [-0.2, 0) is 5.41 Å². The third kappa shape index (κ3) is 3.63. The van der Waals surface area contributed by atoms with E-state index in [1.807, 2.05) is 0 Å². The van der Waals surface area contributed by atoms with E-state index < -0.39 is 17.6 Å². The molecular formula is C19H15ClF3N9O. The van der Waals surface area contributed by atoms with Crippen molar-refractivity contribution in [1.82, 2.24) is 34.6 Å². The van der Waals surface area contributed by atoms with Gasteiger partial charge in [0.15, 0.2) is 16.6 Å². The largest absolute Gasteiger partial charge is 0.400 e. The maximum Gasteiger partial charge on any atom is 0.400 e. The number of carbonyl (C=O) groups is 1. The van der Waals surface area contributed by atoms with Gasteiger partial charge in [-0.15, -0.1) is 5.10 Å². The fourth-order valence-corrected chi connectivity index (χ4v) is 3.89. The number of aryl methyl sites for hydroxylation is 1. The number of nitrogens with zero attached hydrogens (tertiary/aromatic N) is 7. The van der Waals surface area contributed by atoms with E-state index in [2.05, 4.69) is 36.0 Å². The molecule has 0 radical (unpaired) electrons. The van der Waals surface area contributed by atoms with Crippen molar-refractivity contribution in [3.05, 3.63) is 53.3 Å². The molecule has 0 bridgehead atoms. The minimum atomic E-state index is -4.54. The molecular weight excluding hydrogens is 463 g/mol. The molecule has 0 saturated heterocycles. The van der Waals surface area contributed by atoms with Crippen LogP contribution in [0.2, 0.25) is 5.15 Å². The quantitative estimate of drug-likeness (QED) is 0.460. The number of halogens is 4. The van der Waals surface area contributed by atoms with Crippen molar-refractivity contribution < 1.29 is 18.0 Å². The van der Waals surface area contributed by atoms with Crippen LogP contribution in [0, 0.1) is 6.92 Å². The Labute approximate surface area is 188 Å². The summed E-state index contributed by atoms with van der Waals surface area (Å²) < 4.78 is 44.3. The third-order valence-electron chi connectivity index (χ3n) is 5.40. The van der Waals surface area contributed by atoms with Crippen LogP contribution in [0.5, 0.6) is 0 Å². The number of aromatic nitrogens is 7. The van der Waals surface area contributed by atoms with Crippen molar-refractivity contribution in [2.75, 3.05) is 10.6 Å². The standard InChI is InChI=1S/C19H15ClF3N9O/c1-10-6-11(8-25-16(10)31-5-4-26-30-31)27-17(33)28-12-9-24-14-7-13(20)29-32(14)15(12)18(2-3-18)19(21,22)23/h4-9H,2-3H2,1H3,(H2,27,28,33). The van der Waals surface area contributed by atoms with Crippen LogP contribution < -0.4 is 10.6 Å². The van der Waals surface area contributed by atoms with Gasteiger partial charge in [0.05, 0.1) is 41.9 Å². The molecule has 1 aliphatic rings. The maximum absolute atomic E-state index is 13.9. The van der Waals surface area contributed by atoms with Gasteiger partial charge in [0.25, 0.3) is 0 Å². The Morgan fingerprint density at radius 2 is 1.97 bits per heavy atom. The van der Waals surface area contributed by atoms with Crippen molar-refractivity contribution in [2.24, 2.45) is 0 Å². The van der Waals surface area contributed by atoms with Crippen LogP contribution in [0.1, 0.15) is 24.1 Å². The average molecular weight is 478 g/mol. The predicted molar refractivity (Wildman–Crippen MR) is 111 cm³/mol. The van der Waals surface area contributed by atoms with Crippen molar-refractivity contribution in [1.29, 1.82) is 0 Å². The number of anilines is 2. The summed E-state index contributed by atoms with van der Waals surface area (Å²) in [6.45, 7) is 1.77. The lowest BCUT2D eigenvalue weighted by Gasteiger charge is -2.23. The molecule has 0 aliphatic heterocycles. The molecule has 4 aromatic rings. The molecule has 1 saturated carbocycles. The number of rotatable bonds is 4. The topological polar surface area (TPSA) is 115 Å². The first kappa shape index (κ1) is 21.1. The Hall–Kier alpha value is -3.74. The molecule has 4 aromatic heterocycles. The average Bonchev–Trinajstić information content (AvgIpc) is 3.20. The van der Waals surface area contributed by atoms with Gasteiger partial charge < -0.3 is 10.6 Å². The van der Waals surface area contributed by atoms with E-state index >= 15 is 0 Å². The highest BCUT2D eigenvalue weighted by atomic mass is 35.5. The highest BCUT2D eigenvalue weighted by Crippen LogP contribution is 2.60. The van der Waals surface area contributed by atoms with Crippen LogP contribution in [0.15, 0.2) is 36.9 Å². The van der Waals surface area contributed by atoms with Crippen molar-refractivity contribution >= 4 is 34.7 Å². The second-order valence-electron chi connectivity index (χ2n) is 7.63. The minimum Gasteiger partial charge on any atom is -0.306 e. The van der Waals surface area contributed by atoms with E-state index in [9.17, 15) is 18.0 Å². The predicted octanol–water partition coefficient (Wildman–Crippen LogP) is 3.90. The Balaban J connectivity index is 1.44. The van der Waals surface area contributed by atoms with Crippen molar-refractivity contribution in [3.63, 3.8) is 0 Å². The molecule has 10 nitrogen and oxygen atoms in total. The van der Waals surface area contributed by atoms with Crippen LogP contribution in [-0.4, -0.2) is 46.8 Å². The van der Waals surface area contributed by atoms with Gasteiger partial charge in [-0.3, -0.25) is 0 Å². The van der Waals surface area contributed by atoms with Gasteiger partial charge in [-0.05, 0) is 31.4 Å². The van der Waals surface area contributed by atoms with Gasteiger partial charge in [-0.25, -0.2) is 24.0 Å². The van der Waals surface area contributed by atoms with Gasteiger partial charge >= 0.3 is 12.2 Å². The summed E-state index contributed by atoms with van der Waals surface area (Å²) in [6, 6.07) is 2.24. The van der Waals surface area contributed by atoms with Gasteiger partial charge in [0, 0.05) is 6.07 Å². The van der Waals surface area contributed by atoms with E-state index in [0.29, 0.717) is 17.1 Å². The van der Waals surface area contributed by atoms with Crippen molar-refractivity contribution in [2.45, 2.75) is 31.4 Å². The van der Waals surface area contributed by atoms with Crippen LogP contribution >= 0.6 is 11.6 Å². The lowest BCUT2D eigenvalue weighted by atomic mass is 10.00. The first-order valence-corrected chi connectivity index (χ1v) is 10.1. The van der Waals surface area contributed by atoms with Crippen LogP contribution in [0.3, 0.4) is 0 Å². The minimum absolute atomic E-state index is 0.00246. The Bertz CT molecular complexity index is 1360. The Morgan fingerprint density at radius 3 is 2.61 bits per heavy atom. The van der Waals surface area contributed by atoms with Crippen molar-refractivity contribution in [3.8, 4) is 5.82 Å². The summed E-state index contributed by atoms with van der Waals surface area (Å²) in [5.74, 6) is 0.520. The molecule has 170 valence electrons. The van der Waals surface area contributed by atoms with Gasteiger partial charge in [-0.2, -0.15) is 18.3 Å². The molecule has 2 N–H and O–H groups in total. The number of hydrogen-bond acceptors (Lipinski definition) is 6. The number of urea groups is 1. The second kappa shape index (κ2) is 7.40. The smallest absolute Gasteiger partial charge is 0.306 e. The maximum atomic E-state index is 13.9. The summed E-state index contributed by atoms with van der Waals surface area (Å²) in [5, 5.41) is 16.6. The lowest BCUT2D eigenvalue weighted by Crippen LogP contribution is -2.33. The summed E-state index contributed by atoms with van der Waals surface area (Å²) in [4.78, 5) is 21.0. The Kier molecular flexibility index (Phi) is 4.74. The normalized spacial score (nSPS) is 14.9. The zero-order chi connectivity index (χ0) is 23.4. The number of hydrogen-bond donors (Lipinski definition) is 2. The summed E-state index contributed by atoms with van der Waals surface area (Å²) >= 11 is 5.90. The number of alkyl halides is 3. The van der Waals surface area contributed by atoms with Gasteiger partial charge in [0.1, 0.15) is 5.41 Å². The number of nitrogens with one attached hydrogen (secondary N) is 2. The molecule has 5 rings (SSSR count). The zero-order valence-electron chi connectivity index (χ0n) is 16.9. The van der Waals surface area contributed by atoms with Crippen LogP contribution in [0.25, 0.3) is 11.5 Å². The molecule has 1 aliphatic carbocycles. The summed E-state index contributed by atoms with van der Waals surface area (Å²) in [5.41, 5.74) is -1.27. The van der Waals surface area contributed by atoms with Crippen LogP contribution in [0.4, 0.5) is 29.3 Å². The molecule has 14 heteroatoms. The molecule has 0 unspecified atom stereocenters. The SMILES string of the molecule is Cc1cc(NC(=O)Nc2cnc3cc(Cl)nn3c2C2(C(F)(F)F)CC2)cnc1-n1ccnn1. The molecule has 1 fully saturated rings. The number of amides is 2. The molecule has 33 heavy (non-hydrogen) atoms. The zero-order valence-corrected chi connectivity index (χ0v) is 17.7. The fraction of sp³-hybridized carbons (Fsp3) is 0.263. The molecule has 2 amide bonds. The fourth-order valence-electron chi connectivity index (χ4n) is 3.72. The monoisotopic (exact) mass is 477 g/mol. The summed E-state index contributed by atoms with van der Waals surface area (Å²) in [7, 11) is 0. The first-order valence-electron chi connectivity index (χ1n) is 9.71. The molecule has 0 atom stereocenters. The lowest BCUT2D eigenvalue weighted by molar-refractivity contribution is -0.161. The Morgan fingerprint density at radius 1 is 1.18 bits per heavy atom. The van der Waals surface area contributed by atoms with E-state index in [1.165, 1.54) is 29.3 Å². The highest BCUT2D eigenvalue weighted by molar-refractivity contribution is 6.29. The van der Waals surface area contributed by atoms with Gasteiger partial charge in [0.2, 0.25) is 0 Å². The van der Waals surface area contributed by atoms with E-state index in [0.717, 1.165) is 4.52 Å². The summed E-state index contributed by atoms with van der Waals surface area (Å²) in [6.07, 6.45) is 0.902. The highest BCUT2D eigenvalue weighted by Gasteiger charge is 2.66. The molecule has 0 spiro atoms. The van der Waals surface area contributed by atoms with E-state index in [1.54, 1.807) is 19.2 Å². The number of carbonyl (C=O) groups excluding carboxylic acids is 1. The van der Waals surface area contributed by atoms with E-state index in [-0.39, 0.29) is 35.0 Å².